The van der Waals surface area contributed by atoms with Gasteiger partial charge >= 0.3 is 0 Å². The third-order valence-electron chi connectivity index (χ3n) is 16.9. The van der Waals surface area contributed by atoms with Gasteiger partial charge in [-0.05, 0) is 84.3 Å². The fraction of sp³-hybridized carbons (Fsp3) is 0.0526. The lowest BCUT2D eigenvalue weighted by Crippen LogP contribution is -2.30. The third kappa shape index (κ3) is 8.50. The van der Waals surface area contributed by atoms with E-state index in [4.69, 9.17) is 29.9 Å². The molecule has 13 aromatic rings. The number of aromatic nitrogens is 6. The molecular formula is C76H54N8O2. The number of quaternary nitrogens is 2. The lowest BCUT2D eigenvalue weighted by molar-refractivity contribution is 0.701. The van der Waals surface area contributed by atoms with Gasteiger partial charge in [0.25, 0.3) is 0 Å². The van der Waals surface area contributed by atoms with E-state index in [9.17, 15) is 0 Å². The van der Waals surface area contributed by atoms with E-state index in [0.717, 1.165) is 100 Å². The SMILES string of the molecule is Cc1cc([N+]2([O-])c3ccccc3-c3c2ccc2c3-c3ccccc3[N+]2([O-])c2cc(C)c(-c3ccc(-c4nc(-c5ccccc5)nc(-c5ccccc5)n4)cc3)c(C)c2)cc(C)c1-c1ccc(-c2nc(-c3ccccc3)nc(-c3ccccc3)n2)cc1. The smallest absolute Gasteiger partial charge is 0.164 e. The summed E-state index contributed by atoms with van der Waals surface area (Å²) in [6, 6.07) is 84.2. The molecule has 2 atom stereocenters. The third-order valence-corrected chi connectivity index (χ3v) is 16.9. The first-order valence-corrected chi connectivity index (χ1v) is 28.8. The van der Waals surface area contributed by atoms with Crippen molar-refractivity contribution in [2.45, 2.75) is 27.7 Å². The maximum atomic E-state index is 16.4. The molecular weight excluding hydrogens is 1060 g/mol. The highest BCUT2D eigenvalue weighted by molar-refractivity contribution is 6.13. The standard InChI is InChI=1S/C76H54N8O2/c1-47-43-59(44-48(2)67(47)51-33-37-57(38-34-51)75-79-71(53-21-9-5-10-22-53)77-72(80-75)54-23-11-6-12-24-54)83(85)63-31-19-17-29-61(63)69-65(83)41-42-66-70(69)62-30-18-20-32-64(62)84(66,86)60-45-49(3)68(50(4)46-60)52-35-39-58(40-36-52)76-81-73(55-25-13-7-14-26-55)78-74(82-76)56-27-15-8-16-28-56/h5-46H,1-4H3. The molecule has 10 nitrogen and oxygen atoms in total. The predicted molar refractivity (Wildman–Crippen MR) is 348 cm³/mol. The number of fused-ring (bicyclic) bond motifs is 7. The van der Waals surface area contributed by atoms with E-state index in [1.807, 2.05) is 206 Å². The molecule has 0 saturated carbocycles. The van der Waals surface area contributed by atoms with Gasteiger partial charge in [0.2, 0.25) is 0 Å². The maximum Gasteiger partial charge on any atom is 0.164 e. The molecule has 86 heavy (non-hydrogen) atoms. The number of aryl methyl sites for hydroxylation is 4. The van der Waals surface area contributed by atoms with E-state index >= 15 is 10.4 Å². The summed E-state index contributed by atoms with van der Waals surface area (Å²) >= 11 is 0. The Morgan fingerprint density at radius 1 is 0.233 bits per heavy atom. The van der Waals surface area contributed by atoms with Gasteiger partial charge in [-0.25, -0.2) is 29.9 Å². The molecule has 4 heterocycles. The number of para-hydroxylation sites is 2. The van der Waals surface area contributed by atoms with Gasteiger partial charge in [-0.1, -0.05) is 194 Å². The monoisotopic (exact) mass is 1110 g/mol. The van der Waals surface area contributed by atoms with Crippen LogP contribution in [0.1, 0.15) is 22.3 Å². The van der Waals surface area contributed by atoms with E-state index in [1.165, 1.54) is 0 Å². The fourth-order valence-corrected chi connectivity index (χ4v) is 13.0. The molecule has 2 aliphatic heterocycles. The summed E-state index contributed by atoms with van der Waals surface area (Å²) in [6.45, 7) is 8.30. The Bertz CT molecular complexity index is 4340. The molecule has 0 aliphatic carbocycles. The van der Waals surface area contributed by atoms with Gasteiger partial charge in [-0.2, -0.15) is 0 Å². The first-order chi connectivity index (χ1) is 42.0. The quantitative estimate of drug-likeness (QED) is 0.0980. The van der Waals surface area contributed by atoms with Crippen LogP contribution in [0.5, 0.6) is 0 Å². The summed E-state index contributed by atoms with van der Waals surface area (Å²) in [5, 5.41) is 32.9. The van der Waals surface area contributed by atoms with E-state index in [1.54, 1.807) is 0 Å². The molecule has 2 aliphatic rings. The minimum absolute atomic E-state index is 0.571. The average molecular weight is 1110 g/mol. The molecule has 0 N–H and O–H groups in total. The van der Waals surface area contributed by atoms with Crippen molar-refractivity contribution in [3.8, 4) is 113 Å². The molecule has 11 aromatic carbocycles. The van der Waals surface area contributed by atoms with Crippen LogP contribution in [0.3, 0.4) is 0 Å². The van der Waals surface area contributed by atoms with Gasteiger partial charge in [0, 0.05) is 81.9 Å². The highest BCUT2D eigenvalue weighted by atomic mass is 16.6. The number of benzene rings is 11. The fourth-order valence-electron chi connectivity index (χ4n) is 13.0. The largest absolute Gasteiger partial charge is 0.616 e. The molecule has 410 valence electrons. The highest BCUT2D eigenvalue weighted by Crippen LogP contribution is 2.67. The van der Waals surface area contributed by atoms with Crippen molar-refractivity contribution in [2.24, 2.45) is 0 Å². The van der Waals surface area contributed by atoms with Crippen molar-refractivity contribution in [3.63, 3.8) is 0 Å². The molecule has 2 aromatic heterocycles. The van der Waals surface area contributed by atoms with E-state index in [0.29, 0.717) is 69.1 Å². The zero-order chi connectivity index (χ0) is 58.3. The second-order valence-electron chi connectivity index (χ2n) is 22.2. The van der Waals surface area contributed by atoms with Crippen LogP contribution in [0.15, 0.2) is 255 Å². The van der Waals surface area contributed by atoms with Gasteiger partial charge in [0.05, 0.1) is 22.3 Å². The summed E-state index contributed by atoms with van der Waals surface area (Å²) in [7, 11) is 0. The molecule has 15 rings (SSSR count). The van der Waals surface area contributed by atoms with Crippen LogP contribution in [0.4, 0.5) is 34.1 Å². The Hall–Kier alpha value is -10.7. The summed E-state index contributed by atoms with van der Waals surface area (Å²) in [5.41, 5.74) is 20.1. The summed E-state index contributed by atoms with van der Waals surface area (Å²) in [6.07, 6.45) is 0. The average Bonchev–Trinajstić information content (AvgIpc) is 1.53. The number of hydrogen-bond acceptors (Lipinski definition) is 8. The van der Waals surface area contributed by atoms with Crippen molar-refractivity contribution < 1.29 is 0 Å². The van der Waals surface area contributed by atoms with Gasteiger partial charge in [-0.15, -0.1) is 0 Å². The van der Waals surface area contributed by atoms with Crippen LogP contribution in [-0.4, -0.2) is 29.9 Å². The van der Waals surface area contributed by atoms with Crippen molar-refractivity contribution in [1.82, 2.24) is 39.2 Å². The Kier molecular flexibility index (Phi) is 12.5. The summed E-state index contributed by atoms with van der Waals surface area (Å²) < 4.78 is -1.62. The molecule has 10 heteroatoms. The Morgan fingerprint density at radius 3 is 0.744 bits per heavy atom. The van der Waals surface area contributed by atoms with Crippen LogP contribution in [0, 0.1) is 38.1 Å². The Balaban J connectivity index is 0.772. The highest BCUT2D eigenvalue weighted by Gasteiger charge is 2.48. The molecule has 0 fully saturated rings. The van der Waals surface area contributed by atoms with Crippen molar-refractivity contribution >= 4 is 34.1 Å². The zero-order valence-corrected chi connectivity index (χ0v) is 47.6. The van der Waals surface area contributed by atoms with E-state index < -0.39 is 9.29 Å². The van der Waals surface area contributed by atoms with E-state index in [2.05, 4.69) is 76.2 Å². The molecule has 0 bridgehead atoms. The van der Waals surface area contributed by atoms with Crippen LogP contribution in [-0.2, 0) is 0 Å². The molecule has 0 radical (unpaired) electrons. The number of rotatable bonds is 10. The van der Waals surface area contributed by atoms with Gasteiger partial charge in [0.1, 0.15) is 11.4 Å². The maximum absolute atomic E-state index is 16.4. The molecule has 0 spiro atoms. The van der Waals surface area contributed by atoms with Gasteiger partial charge < -0.3 is 10.4 Å². The normalized spacial score (nSPS) is 15.4. The number of nitrogens with zero attached hydrogens (tertiary/aromatic N) is 8. The van der Waals surface area contributed by atoms with Crippen molar-refractivity contribution in [2.75, 3.05) is 0 Å². The lowest BCUT2D eigenvalue weighted by Gasteiger charge is -2.40. The van der Waals surface area contributed by atoms with Crippen LogP contribution in [0.25, 0.3) is 113 Å². The van der Waals surface area contributed by atoms with Crippen molar-refractivity contribution in [3.05, 3.63) is 287 Å². The first kappa shape index (κ1) is 52.1. The molecule has 2 unspecified atom stereocenters. The summed E-state index contributed by atoms with van der Waals surface area (Å²) in [4.78, 5) is 29.6. The Morgan fingerprint density at radius 2 is 0.465 bits per heavy atom. The van der Waals surface area contributed by atoms with Gasteiger partial charge in [0.15, 0.2) is 57.7 Å². The van der Waals surface area contributed by atoms with Crippen molar-refractivity contribution in [1.29, 1.82) is 0 Å². The number of hydrogen-bond donors (Lipinski definition) is 0. The second-order valence-corrected chi connectivity index (χ2v) is 22.2. The summed E-state index contributed by atoms with van der Waals surface area (Å²) in [5.74, 6) is 3.57. The molecule has 0 amide bonds. The van der Waals surface area contributed by atoms with Crippen LogP contribution < -0.4 is 9.29 Å². The minimum atomic E-state index is -0.811. The minimum Gasteiger partial charge on any atom is -0.616 e. The first-order valence-electron chi connectivity index (χ1n) is 28.8. The zero-order valence-electron chi connectivity index (χ0n) is 47.6. The van der Waals surface area contributed by atoms with Crippen LogP contribution >= 0.6 is 0 Å². The lowest BCUT2D eigenvalue weighted by atomic mass is 9.93. The van der Waals surface area contributed by atoms with Crippen LogP contribution in [0.2, 0.25) is 0 Å². The second kappa shape index (κ2) is 20.6. The van der Waals surface area contributed by atoms with Gasteiger partial charge in [-0.3, -0.25) is 9.29 Å². The predicted octanol–water partition coefficient (Wildman–Crippen LogP) is 19.5. The Labute approximate surface area is 498 Å². The van der Waals surface area contributed by atoms with E-state index in [-0.39, 0.29) is 0 Å². The molecule has 0 saturated heterocycles. The topological polar surface area (TPSA) is 123 Å².